The normalized spacial score (nSPS) is 13.5. The molecule has 0 spiro atoms. The van der Waals surface area contributed by atoms with Crippen LogP contribution in [0.15, 0.2) is 140 Å². The Bertz CT molecular complexity index is 2700. The number of thiophene rings is 1. The zero-order valence-corrected chi connectivity index (χ0v) is 26.8. The molecule has 0 saturated carbocycles. The third-order valence-electron chi connectivity index (χ3n) is 9.99. The van der Waals surface area contributed by atoms with E-state index in [-0.39, 0.29) is 5.41 Å². The summed E-state index contributed by atoms with van der Waals surface area (Å²) in [6, 6.07) is 49.9. The van der Waals surface area contributed by atoms with Gasteiger partial charge in [-0.05, 0) is 34.4 Å². The lowest BCUT2D eigenvalue weighted by Crippen LogP contribution is -2.13. The highest BCUT2D eigenvalue weighted by Crippen LogP contribution is 2.56. The summed E-state index contributed by atoms with van der Waals surface area (Å²) >= 11 is 1.93. The van der Waals surface area contributed by atoms with Gasteiger partial charge in [0.2, 0.25) is 5.95 Å². The highest BCUT2D eigenvalue weighted by atomic mass is 32.1. The molecule has 0 radical (unpaired) electrons. The van der Waals surface area contributed by atoms with E-state index in [4.69, 9.17) is 9.97 Å². The Morgan fingerprint density at radius 2 is 1.21 bits per heavy atom. The van der Waals surface area contributed by atoms with Gasteiger partial charge < -0.3 is 0 Å². The molecule has 0 aliphatic heterocycles. The van der Waals surface area contributed by atoms with Crippen LogP contribution in [0.2, 0.25) is 0 Å². The fourth-order valence-corrected chi connectivity index (χ4v) is 9.19. The van der Waals surface area contributed by atoms with Gasteiger partial charge in [-0.3, -0.25) is 4.57 Å². The molecule has 10 rings (SSSR count). The number of para-hydroxylation sites is 2. The minimum absolute atomic E-state index is 0.0582. The first-order valence-corrected chi connectivity index (χ1v) is 16.9. The van der Waals surface area contributed by atoms with Crippen LogP contribution in [-0.2, 0) is 5.41 Å². The molecule has 0 N–H and O–H groups in total. The van der Waals surface area contributed by atoms with Gasteiger partial charge >= 0.3 is 0 Å². The van der Waals surface area contributed by atoms with E-state index in [1.165, 1.54) is 59.1 Å². The summed E-state index contributed by atoms with van der Waals surface area (Å²) in [6.07, 6.45) is 0. The van der Waals surface area contributed by atoms with Gasteiger partial charge in [0.25, 0.3) is 0 Å². The van der Waals surface area contributed by atoms with Crippen molar-refractivity contribution in [3.05, 3.63) is 150 Å². The average molecular weight is 620 g/mol. The molecule has 0 unspecified atom stereocenters. The first-order valence-electron chi connectivity index (χ1n) is 16.1. The molecule has 0 atom stereocenters. The molecule has 1 aliphatic rings. The maximum absolute atomic E-state index is 5.41. The van der Waals surface area contributed by atoms with Crippen LogP contribution in [0.25, 0.3) is 82.3 Å². The van der Waals surface area contributed by atoms with E-state index in [1.54, 1.807) is 0 Å². The minimum atomic E-state index is -0.0582. The number of rotatable bonds is 3. The van der Waals surface area contributed by atoms with Gasteiger partial charge in [-0.15, -0.1) is 11.3 Å². The molecule has 0 bridgehead atoms. The quantitative estimate of drug-likeness (QED) is 0.197. The van der Waals surface area contributed by atoms with Crippen LogP contribution in [-0.4, -0.2) is 14.5 Å². The summed E-state index contributed by atoms with van der Waals surface area (Å²) in [5.74, 6) is 0.692. The number of aromatic nitrogens is 3. The summed E-state index contributed by atoms with van der Waals surface area (Å²) in [6.45, 7) is 4.73. The van der Waals surface area contributed by atoms with Crippen molar-refractivity contribution in [2.24, 2.45) is 0 Å². The van der Waals surface area contributed by atoms with Crippen LogP contribution >= 0.6 is 11.3 Å². The molecule has 9 aromatic rings. The van der Waals surface area contributed by atoms with Crippen LogP contribution in [0.1, 0.15) is 24.3 Å². The van der Waals surface area contributed by atoms with Crippen molar-refractivity contribution in [2.45, 2.75) is 19.3 Å². The van der Waals surface area contributed by atoms with Crippen molar-refractivity contribution < 1.29 is 0 Å². The molecule has 1 aliphatic carbocycles. The van der Waals surface area contributed by atoms with Gasteiger partial charge in [-0.1, -0.05) is 141 Å². The lowest BCUT2D eigenvalue weighted by Gasteiger charge is -2.19. The Labute approximate surface area is 276 Å². The Balaban J connectivity index is 1.26. The number of benzene rings is 6. The van der Waals surface area contributed by atoms with Crippen molar-refractivity contribution >= 4 is 54.1 Å². The van der Waals surface area contributed by atoms with E-state index in [2.05, 4.69) is 158 Å². The van der Waals surface area contributed by atoms with Crippen LogP contribution in [0, 0.1) is 0 Å². The van der Waals surface area contributed by atoms with Gasteiger partial charge in [0.1, 0.15) is 0 Å². The largest absolute Gasteiger partial charge is 0.276 e. The maximum atomic E-state index is 5.41. The van der Waals surface area contributed by atoms with Gasteiger partial charge in [0.15, 0.2) is 0 Å². The molecule has 3 nitrogen and oxygen atoms in total. The van der Waals surface area contributed by atoms with Crippen LogP contribution in [0.3, 0.4) is 0 Å². The first-order chi connectivity index (χ1) is 23.1. The Hall–Kier alpha value is -5.58. The zero-order valence-electron chi connectivity index (χ0n) is 26.0. The first kappa shape index (κ1) is 26.6. The van der Waals surface area contributed by atoms with E-state index in [0.717, 1.165) is 27.7 Å². The average Bonchev–Trinajstić information content (AvgIpc) is 3.75. The summed E-state index contributed by atoms with van der Waals surface area (Å²) < 4.78 is 3.60. The van der Waals surface area contributed by atoms with E-state index in [0.29, 0.717) is 5.95 Å². The molecular formula is C43H29N3S. The van der Waals surface area contributed by atoms with E-state index >= 15 is 0 Å². The van der Waals surface area contributed by atoms with Gasteiger partial charge in [-0.2, -0.15) is 0 Å². The van der Waals surface area contributed by atoms with Crippen molar-refractivity contribution in [3.63, 3.8) is 0 Å². The van der Waals surface area contributed by atoms with Crippen molar-refractivity contribution in [3.8, 4) is 39.5 Å². The van der Waals surface area contributed by atoms with Gasteiger partial charge in [0, 0.05) is 43.0 Å². The zero-order chi connectivity index (χ0) is 31.3. The smallest absolute Gasteiger partial charge is 0.235 e. The summed E-state index contributed by atoms with van der Waals surface area (Å²) in [7, 11) is 0. The van der Waals surface area contributed by atoms with Crippen LogP contribution in [0.5, 0.6) is 0 Å². The molecule has 0 saturated heterocycles. The van der Waals surface area contributed by atoms with Crippen molar-refractivity contribution in [1.82, 2.24) is 14.5 Å². The molecular weight excluding hydrogens is 591 g/mol. The molecule has 222 valence electrons. The highest BCUT2D eigenvalue weighted by Gasteiger charge is 2.39. The Kier molecular flexibility index (Phi) is 5.50. The standard InChI is InChI=1S/C43H29N3S/c1-43(2)34-17-9-6-15-31(34)37-33-25-24-30-29-14-8-11-19-36(29)46(39(30)40(33)47-41(37)43)42-44-35-18-10-7-16-32(35)38(45-42)28-22-20-27(21-23-28)26-12-4-3-5-13-26/h3-25H,1-2H3. The number of fused-ring (bicyclic) bond motifs is 10. The topological polar surface area (TPSA) is 30.7 Å². The third-order valence-corrected chi connectivity index (χ3v) is 11.5. The SMILES string of the molecule is CC1(C)c2ccccc2-c2c1sc1c2ccc2c3ccccc3n(-c3nc(-c4ccc(-c5ccccc5)cc4)c4ccccc4n3)c21. The van der Waals surface area contributed by atoms with Crippen molar-refractivity contribution in [2.75, 3.05) is 0 Å². The van der Waals surface area contributed by atoms with Crippen molar-refractivity contribution in [1.29, 1.82) is 0 Å². The summed E-state index contributed by atoms with van der Waals surface area (Å²) in [5, 5.41) is 4.79. The number of nitrogens with zero attached hydrogens (tertiary/aromatic N) is 3. The maximum Gasteiger partial charge on any atom is 0.235 e. The second kappa shape index (κ2) is 9.71. The lowest BCUT2D eigenvalue weighted by atomic mass is 9.87. The summed E-state index contributed by atoms with van der Waals surface area (Å²) in [4.78, 5) is 12.1. The summed E-state index contributed by atoms with van der Waals surface area (Å²) in [5.41, 5.74) is 11.7. The number of hydrogen-bond donors (Lipinski definition) is 0. The van der Waals surface area contributed by atoms with E-state index in [1.807, 2.05) is 11.3 Å². The van der Waals surface area contributed by atoms with E-state index < -0.39 is 0 Å². The molecule has 0 amide bonds. The van der Waals surface area contributed by atoms with Gasteiger partial charge in [0.05, 0.1) is 26.9 Å². The number of hydrogen-bond acceptors (Lipinski definition) is 3. The second-order valence-electron chi connectivity index (χ2n) is 13.0. The molecule has 0 fully saturated rings. The predicted molar refractivity (Wildman–Crippen MR) is 198 cm³/mol. The fourth-order valence-electron chi connectivity index (χ4n) is 7.72. The minimum Gasteiger partial charge on any atom is -0.276 e. The van der Waals surface area contributed by atoms with Crippen LogP contribution < -0.4 is 0 Å². The third kappa shape index (κ3) is 3.73. The molecule has 6 aromatic carbocycles. The van der Waals surface area contributed by atoms with Crippen LogP contribution in [0.4, 0.5) is 0 Å². The van der Waals surface area contributed by atoms with E-state index in [9.17, 15) is 0 Å². The Morgan fingerprint density at radius 3 is 2.06 bits per heavy atom. The second-order valence-corrected chi connectivity index (χ2v) is 14.0. The lowest BCUT2D eigenvalue weighted by molar-refractivity contribution is 0.674. The van der Waals surface area contributed by atoms with Gasteiger partial charge in [-0.25, -0.2) is 9.97 Å². The fraction of sp³-hybridized carbons (Fsp3) is 0.0698. The monoisotopic (exact) mass is 619 g/mol. The Morgan fingerprint density at radius 1 is 0.553 bits per heavy atom. The highest BCUT2D eigenvalue weighted by molar-refractivity contribution is 7.21. The molecule has 3 aromatic heterocycles. The predicted octanol–water partition coefficient (Wildman–Crippen LogP) is 11.6. The molecule has 47 heavy (non-hydrogen) atoms. The molecule has 4 heteroatoms. The molecule has 3 heterocycles.